The highest BCUT2D eigenvalue weighted by atomic mass is 19.4. The van der Waals surface area contributed by atoms with Crippen molar-refractivity contribution in [3.8, 4) is 0 Å². The van der Waals surface area contributed by atoms with Crippen LogP contribution in [0.3, 0.4) is 0 Å². The zero-order chi connectivity index (χ0) is 12.6. The third-order valence-corrected chi connectivity index (χ3v) is 2.70. The van der Waals surface area contributed by atoms with Crippen molar-refractivity contribution < 1.29 is 17.6 Å². The van der Waals surface area contributed by atoms with Gasteiger partial charge in [-0.1, -0.05) is 6.92 Å². The Morgan fingerprint density at radius 3 is 2.59 bits per heavy atom. The Morgan fingerprint density at radius 1 is 1.29 bits per heavy atom. The van der Waals surface area contributed by atoms with Crippen molar-refractivity contribution >= 4 is 11.0 Å². The summed E-state index contributed by atoms with van der Waals surface area (Å²) < 4.78 is 42.9. The third kappa shape index (κ3) is 2.29. The summed E-state index contributed by atoms with van der Waals surface area (Å²) in [5.74, 6) is 0.610. The molecule has 0 aliphatic heterocycles. The Labute approximate surface area is 96.2 Å². The van der Waals surface area contributed by atoms with Crippen LogP contribution in [0.15, 0.2) is 28.7 Å². The van der Waals surface area contributed by atoms with Crippen LogP contribution >= 0.6 is 0 Å². The van der Waals surface area contributed by atoms with Crippen molar-refractivity contribution in [1.29, 1.82) is 0 Å². The van der Waals surface area contributed by atoms with Crippen molar-refractivity contribution in [3.63, 3.8) is 0 Å². The first-order valence-corrected chi connectivity index (χ1v) is 5.22. The molecule has 1 atom stereocenters. The zero-order valence-corrected chi connectivity index (χ0v) is 9.21. The summed E-state index contributed by atoms with van der Waals surface area (Å²) in [6, 6.07) is 5.06. The number of alkyl halides is 3. The summed E-state index contributed by atoms with van der Waals surface area (Å²) >= 11 is 0. The smallest absolute Gasteiger partial charge is 0.416 e. The third-order valence-electron chi connectivity index (χ3n) is 2.70. The minimum Gasteiger partial charge on any atom is -0.461 e. The average molecular weight is 243 g/mol. The Bertz CT molecular complexity index is 530. The molecule has 2 aromatic rings. The molecular weight excluding hydrogens is 231 g/mol. The highest BCUT2D eigenvalue weighted by Crippen LogP contribution is 2.33. The molecule has 1 heterocycles. The lowest BCUT2D eigenvalue weighted by Gasteiger charge is -2.05. The Balaban J connectivity index is 2.48. The van der Waals surface area contributed by atoms with E-state index in [1.807, 2.05) is 6.92 Å². The Hall–Kier alpha value is -1.49. The minimum absolute atomic E-state index is 0.00302. The molecule has 1 aromatic heterocycles. The summed E-state index contributed by atoms with van der Waals surface area (Å²) in [7, 11) is 0. The van der Waals surface area contributed by atoms with Gasteiger partial charge in [0.25, 0.3) is 0 Å². The molecule has 17 heavy (non-hydrogen) atoms. The molecule has 2 N–H and O–H groups in total. The van der Waals surface area contributed by atoms with E-state index in [9.17, 15) is 13.2 Å². The fourth-order valence-electron chi connectivity index (χ4n) is 1.60. The standard InChI is InChI=1S/C12H12F3NO/c1-7(6-16)11-5-8-4-9(12(13,14)15)2-3-10(8)17-11/h2-5,7H,6,16H2,1H3. The van der Waals surface area contributed by atoms with Gasteiger partial charge in [0.1, 0.15) is 11.3 Å². The van der Waals surface area contributed by atoms with Gasteiger partial charge in [0.15, 0.2) is 0 Å². The molecule has 0 aliphatic carbocycles. The first-order chi connectivity index (χ1) is 7.91. The van der Waals surface area contributed by atoms with Crippen molar-refractivity contribution in [2.45, 2.75) is 19.0 Å². The lowest BCUT2D eigenvalue weighted by molar-refractivity contribution is -0.137. The van der Waals surface area contributed by atoms with Crippen LogP contribution in [-0.2, 0) is 6.18 Å². The second kappa shape index (κ2) is 4.07. The summed E-state index contributed by atoms with van der Waals surface area (Å²) in [4.78, 5) is 0. The molecule has 0 radical (unpaired) electrons. The van der Waals surface area contributed by atoms with Gasteiger partial charge in [0.2, 0.25) is 0 Å². The number of rotatable bonds is 2. The lowest BCUT2D eigenvalue weighted by atomic mass is 10.1. The second-order valence-electron chi connectivity index (χ2n) is 4.04. The van der Waals surface area contributed by atoms with Gasteiger partial charge in [-0.3, -0.25) is 0 Å². The molecule has 1 aromatic carbocycles. The number of halogens is 3. The van der Waals surface area contributed by atoms with E-state index in [2.05, 4.69) is 0 Å². The topological polar surface area (TPSA) is 39.2 Å². The van der Waals surface area contributed by atoms with Crippen molar-refractivity contribution in [2.24, 2.45) is 5.73 Å². The first-order valence-electron chi connectivity index (χ1n) is 5.22. The molecule has 2 rings (SSSR count). The van der Waals surface area contributed by atoms with Crippen LogP contribution in [0.1, 0.15) is 24.2 Å². The van der Waals surface area contributed by atoms with Gasteiger partial charge in [-0.05, 0) is 24.3 Å². The molecule has 92 valence electrons. The van der Waals surface area contributed by atoms with Gasteiger partial charge in [-0.25, -0.2) is 0 Å². The van der Waals surface area contributed by atoms with Crippen molar-refractivity contribution in [3.05, 3.63) is 35.6 Å². The number of benzene rings is 1. The maximum atomic E-state index is 12.5. The van der Waals surface area contributed by atoms with Crippen LogP contribution in [0.2, 0.25) is 0 Å². The molecule has 2 nitrogen and oxygen atoms in total. The van der Waals surface area contributed by atoms with Gasteiger partial charge < -0.3 is 10.2 Å². The van der Waals surface area contributed by atoms with Crippen LogP contribution in [0.25, 0.3) is 11.0 Å². The van der Waals surface area contributed by atoms with Gasteiger partial charge >= 0.3 is 6.18 Å². The van der Waals surface area contributed by atoms with Gasteiger partial charge in [0, 0.05) is 17.8 Å². The predicted octanol–water partition coefficient (Wildman–Crippen LogP) is 3.51. The molecule has 5 heteroatoms. The van der Waals surface area contributed by atoms with E-state index in [4.69, 9.17) is 10.2 Å². The quantitative estimate of drug-likeness (QED) is 0.876. The molecule has 0 spiro atoms. The lowest BCUT2D eigenvalue weighted by Crippen LogP contribution is -2.07. The van der Waals surface area contributed by atoms with E-state index in [1.54, 1.807) is 6.07 Å². The number of fused-ring (bicyclic) bond motifs is 1. The van der Waals surface area contributed by atoms with Crippen molar-refractivity contribution in [1.82, 2.24) is 0 Å². The minimum atomic E-state index is -4.33. The summed E-state index contributed by atoms with van der Waals surface area (Å²) in [5.41, 5.74) is 5.27. The maximum absolute atomic E-state index is 12.5. The molecule has 0 fully saturated rings. The highest BCUT2D eigenvalue weighted by molar-refractivity contribution is 5.79. The summed E-state index contributed by atoms with van der Waals surface area (Å²) in [6.07, 6.45) is -4.33. The fourth-order valence-corrected chi connectivity index (χ4v) is 1.60. The molecule has 0 aliphatic rings. The predicted molar refractivity (Wildman–Crippen MR) is 58.7 cm³/mol. The number of nitrogens with two attached hydrogens (primary N) is 1. The molecule has 0 saturated heterocycles. The monoisotopic (exact) mass is 243 g/mol. The molecule has 0 saturated carbocycles. The van der Waals surface area contributed by atoms with Crippen LogP contribution in [0.4, 0.5) is 13.2 Å². The van der Waals surface area contributed by atoms with E-state index in [1.165, 1.54) is 6.07 Å². The number of hydrogen-bond donors (Lipinski definition) is 1. The SMILES string of the molecule is CC(CN)c1cc2cc(C(F)(F)F)ccc2o1. The second-order valence-corrected chi connectivity index (χ2v) is 4.04. The number of furan rings is 1. The van der Waals surface area contributed by atoms with Crippen LogP contribution in [-0.4, -0.2) is 6.54 Å². The molecule has 0 amide bonds. The largest absolute Gasteiger partial charge is 0.461 e. The van der Waals surface area contributed by atoms with E-state index in [0.29, 0.717) is 23.3 Å². The first kappa shape index (κ1) is 12.0. The van der Waals surface area contributed by atoms with Crippen LogP contribution in [0.5, 0.6) is 0 Å². The molecule has 0 bridgehead atoms. The summed E-state index contributed by atoms with van der Waals surface area (Å²) in [5, 5.41) is 0.454. The van der Waals surface area contributed by atoms with Gasteiger partial charge in [-0.15, -0.1) is 0 Å². The van der Waals surface area contributed by atoms with Gasteiger partial charge in [0.05, 0.1) is 5.56 Å². The zero-order valence-electron chi connectivity index (χ0n) is 9.21. The normalized spacial score (nSPS) is 14.2. The van der Waals surface area contributed by atoms with Crippen molar-refractivity contribution in [2.75, 3.05) is 6.54 Å². The van der Waals surface area contributed by atoms with E-state index >= 15 is 0 Å². The molecular formula is C12H12F3NO. The van der Waals surface area contributed by atoms with E-state index in [-0.39, 0.29) is 5.92 Å². The van der Waals surface area contributed by atoms with Gasteiger partial charge in [-0.2, -0.15) is 13.2 Å². The fraction of sp³-hybridized carbons (Fsp3) is 0.333. The Kier molecular flexibility index (Phi) is 2.87. The Morgan fingerprint density at radius 2 is 2.00 bits per heavy atom. The van der Waals surface area contributed by atoms with E-state index < -0.39 is 11.7 Å². The molecule has 1 unspecified atom stereocenters. The average Bonchev–Trinajstić information content (AvgIpc) is 2.69. The summed E-state index contributed by atoms with van der Waals surface area (Å²) in [6.45, 7) is 2.26. The van der Waals surface area contributed by atoms with Crippen LogP contribution in [0, 0.1) is 0 Å². The van der Waals surface area contributed by atoms with E-state index in [0.717, 1.165) is 12.1 Å². The number of hydrogen-bond acceptors (Lipinski definition) is 2. The highest BCUT2D eigenvalue weighted by Gasteiger charge is 2.30. The van der Waals surface area contributed by atoms with Crippen LogP contribution < -0.4 is 5.73 Å². The maximum Gasteiger partial charge on any atom is 0.416 e.